The molecule has 1 fully saturated rings. The molecule has 0 radical (unpaired) electrons. The first-order valence-corrected chi connectivity index (χ1v) is 8.78. The number of nitrogens with zero attached hydrogens (tertiary/aromatic N) is 1. The topological polar surface area (TPSA) is 62.1 Å². The predicted molar refractivity (Wildman–Crippen MR) is 95.8 cm³/mol. The van der Waals surface area contributed by atoms with Crippen LogP contribution >= 0.6 is 11.6 Å². The summed E-state index contributed by atoms with van der Waals surface area (Å²) >= 11 is 6.03. The second-order valence-electron chi connectivity index (χ2n) is 6.13. The summed E-state index contributed by atoms with van der Waals surface area (Å²) in [5.74, 6) is 0.708. The number of halogens is 1. The van der Waals surface area contributed by atoms with Crippen molar-refractivity contribution < 1.29 is 9.53 Å². The third-order valence-electron chi connectivity index (χ3n) is 4.36. The first-order chi connectivity index (χ1) is 11.5. The molecule has 1 aromatic rings. The first kappa shape index (κ1) is 18.4. The van der Waals surface area contributed by atoms with Crippen molar-refractivity contribution in [3.8, 4) is 11.8 Å². The van der Waals surface area contributed by atoms with Gasteiger partial charge in [0, 0.05) is 16.6 Å². The Bertz CT molecular complexity index is 664. The Morgan fingerprint density at radius 3 is 2.88 bits per heavy atom. The molecular weight excluding hydrogens is 324 g/mol. The highest BCUT2D eigenvalue weighted by molar-refractivity contribution is 6.30. The molecule has 0 saturated heterocycles. The molecule has 2 rings (SSSR count). The fourth-order valence-corrected chi connectivity index (χ4v) is 3.18. The van der Waals surface area contributed by atoms with Crippen LogP contribution in [0.5, 0.6) is 5.75 Å². The van der Waals surface area contributed by atoms with Gasteiger partial charge < -0.3 is 10.1 Å². The number of carbonyl (C=O) groups excluding carboxylic acids is 1. The summed E-state index contributed by atoms with van der Waals surface area (Å²) in [4.78, 5) is 12.5. The fourth-order valence-electron chi connectivity index (χ4n) is 3.00. The van der Waals surface area contributed by atoms with E-state index >= 15 is 0 Å². The van der Waals surface area contributed by atoms with E-state index in [1.165, 1.54) is 6.42 Å². The average Bonchev–Trinajstić information content (AvgIpc) is 2.57. The van der Waals surface area contributed by atoms with Gasteiger partial charge in [-0.25, -0.2) is 0 Å². The number of ether oxygens (including phenoxy) is 1. The van der Waals surface area contributed by atoms with Gasteiger partial charge in [0.15, 0.2) is 0 Å². The van der Waals surface area contributed by atoms with E-state index < -0.39 is 0 Å². The van der Waals surface area contributed by atoms with Gasteiger partial charge in [-0.2, -0.15) is 5.26 Å². The van der Waals surface area contributed by atoms with Crippen molar-refractivity contribution in [2.75, 3.05) is 6.61 Å². The summed E-state index contributed by atoms with van der Waals surface area (Å²) in [6, 6.07) is 7.29. The highest BCUT2D eigenvalue weighted by atomic mass is 35.5. The van der Waals surface area contributed by atoms with Crippen molar-refractivity contribution in [3.63, 3.8) is 0 Å². The summed E-state index contributed by atoms with van der Waals surface area (Å²) in [6.07, 6.45) is 5.93. The van der Waals surface area contributed by atoms with Crippen LogP contribution in [0.4, 0.5) is 0 Å². The van der Waals surface area contributed by atoms with Crippen LogP contribution in [0.15, 0.2) is 23.8 Å². The van der Waals surface area contributed by atoms with Gasteiger partial charge in [-0.15, -0.1) is 0 Å². The standard InChI is InChI=1S/C19H23ClN2O2/c1-3-24-18-9-8-16(20)11-14(18)10-15(12-21)19(23)22-17-7-5-4-6-13(17)2/h8-11,13,17H,3-7H2,1-2H3,(H,22,23)/b15-10+/t13-,17-/m0/s1. The molecule has 24 heavy (non-hydrogen) atoms. The normalized spacial score (nSPS) is 21.0. The van der Waals surface area contributed by atoms with Gasteiger partial charge in [0.05, 0.1) is 6.61 Å². The molecule has 5 heteroatoms. The van der Waals surface area contributed by atoms with Gasteiger partial charge in [-0.3, -0.25) is 4.79 Å². The number of carbonyl (C=O) groups is 1. The van der Waals surface area contributed by atoms with Crippen molar-refractivity contribution in [1.82, 2.24) is 5.32 Å². The molecule has 128 valence electrons. The van der Waals surface area contributed by atoms with Crippen LogP contribution in [0.25, 0.3) is 6.08 Å². The number of hydrogen-bond acceptors (Lipinski definition) is 3. The molecule has 1 aliphatic rings. The van der Waals surface area contributed by atoms with Crippen LogP contribution in [-0.4, -0.2) is 18.6 Å². The second kappa shape index (κ2) is 8.75. The van der Waals surface area contributed by atoms with E-state index in [1.54, 1.807) is 24.3 Å². The molecule has 2 atom stereocenters. The molecule has 0 aromatic heterocycles. The minimum absolute atomic E-state index is 0.0657. The van der Waals surface area contributed by atoms with Crippen LogP contribution in [0, 0.1) is 17.2 Å². The van der Waals surface area contributed by atoms with Crippen molar-refractivity contribution in [1.29, 1.82) is 5.26 Å². The quantitative estimate of drug-likeness (QED) is 0.637. The zero-order valence-corrected chi connectivity index (χ0v) is 14.9. The molecule has 0 unspecified atom stereocenters. The van der Waals surface area contributed by atoms with E-state index in [2.05, 4.69) is 12.2 Å². The molecule has 0 heterocycles. The monoisotopic (exact) mass is 346 g/mol. The Labute approximate surface area is 148 Å². The molecule has 1 saturated carbocycles. The smallest absolute Gasteiger partial charge is 0.262 e. The van der Waals surface area contributed by atoms with Gasteiger partial charge in [0.25, 0.3) is 5.91 Å². The Morgan fingerprint density at radius 1 is 1.46 bits per heavy atom. The lowest BCUT2D eigenvalue weighted by atomic mass is 9.86. The summed E-state index contributed by atoms with van der Waals surface area (Å²) in [5, 5.41) is 12.9. The van der Waals surface area contributed by atoms with Crippen LogP contribution in [0.1, 0.15) is 45.1 Å². The van der Waals surface area contributed by atoms with E-state index in [1.807, 2.05) is 13.0 Å². The van der Waals surface area contributed by atoms with Crippen molar-refractivity contribution in [2.24, 2.45) is 5.92 Å². The summed E-state index contributed by atoms with van der Waals surface area (Å²) < 4.78 is 5.54. The molecule has 1 N–H and O–H groups in total. The van der Waals surface area contributed by atoms with Gasteiger partial charge in [-0.05, 0) is 50.0 Å². The highest BCUT2D eigenvalue weighted by Gasteiger charge is 2.24. The predicted octanol–water partition coefficient (Wildman–Crippen LogP) is 4.34. The van der Waals surface area contributed by atoms with Crippen LogP contribution in [0.3, 0.4) is 0 Å². The number of nitriles is 1. The SMILES string of the molecule is CCOc1ccc(Cl)cc1/C=C(\C#N)C(=O)N[C@H]1CCCC[C@@H]1C. The maximum atomic E-state index is 12.5. The molecule has 4 nitrogen and oxygen atoms in total. The minimum Gasteiger partial charge on any atom is -0.493 e. The lowest BCUT2D eigenvalue weighted by Gasteiger charge is -2.29. The molecular formula is C19H23ClN2O2. The molecule has 0 spiro atoms. The number of amides is 1. The first-order valence-electron chi connectivity index (χ1n) is 8.40. The lowest BCUT2D eigenvalue weighted by molar-refractivity contribution is -0.118. The van der Waals surface area contributed by atoms with E-state index in [0.717, 1.165) is 19.3 Å². The van der Waals surface area contributed by atoms with Crippen LogP contribution < -0.4 is 10.1 Å². The average molecular weight is 347 g/mol. The van der Waals surface area contributed by atoms with Crippen LogP contribution in [-0.2, 0) is 4.79 Å². The van der Waals surface area contributed by atoms with Crippen molar-refractivity contribution >= 4 is 23.6 Å². The van der Waals surface area contributed by atoms with E-state index in [0.29, 0.717) is 28.9 Å². The second-order valence-corrected chi connectivity index (χ2v) is 6.56. The Balaban J connectivity index is 2.21. The Morgan fingerprint density at radius 2 is 2.21 bits per heavy atom. The fraction of sp³-hybridized carbons (Fsp3) is 0.474. The summed E-state index contributed by atoms with van der Waals surface area (Å²) in [7, 11) is 0. The Kier molecular flexibility index (Phi) is 6.69. The van der Waals surface area contributed by atoms with E-state index in [9.17, 15) is 10.1 Å². The maximum absolute atomic E-state index is 12.5. The number of hydrogen-bond donors (Lipinski definition) is 1. The molecule has 0 aliphatic heterocycles. The maximum Gasteiger partial charge on any atom is 0.262 e. The van der Waals surface area contributed by atoms with Gasteiger partial charge in [0.2, 0.25) is 0 Å². The molecule has 1 aliphatic carbocycles. The van der Waals surface area contributed by atoms with E-state index in [4.69, 9.17) is 16.3 Å². The van der Waals surface area contributed by atoms with Crippen molar-refractivity contribution in [2.45, 2.75) is 45.6 Å². The minimum atomic E-state index is -0.335. The van der Waals surface area contributed by atoms with Crippen molar-refractivity contribution in [3.05, 3.63) is 34.4 Å². The summed E-state index contributed by atoms with van der Waals surface area (Å²) in [6.45, 7) is 4.52. The van der Waals surface area contributed by atoms with Gasteiger partial charge >= 0.3 is 0 Å². The molecule has 1 amide bonds. The van der Waals surface area contributed by atoms with Crippen LogP contribution in [0.2, 0.25) is 5.02 Å². The Hall–Kier alpha value is -1.99. The summed E-state index contributed by atoms with van der Waals surface area (Å²) in [5.41, 5.74) is 0.698. The van der Waals surface area contributed by atoms with Gasteiger partial charge in [-0.1, -0.05) is 31.4 Å². The zero-order valence-electron chi connectivity index (χ0n) is 14.1. The molecule has 1 aromatic carbocycles. The number of benzene rings is 1. The van der Waals surface area contributed by atoms with Gasteiger partial charge in [0.1, 0.15) is 17.4 Å². The molecule has 0 bridgehead atoms. The zero-order chi connectivity index (χ0) is 17.5. The highest BCUT2D eigenvalue weighted by Crippen LogP contribution is 2.26. The number of rotatable bonds is 5. The third-order valence-corrected chi connectivity index (χ3v) is 4.60. The largest absolute Gasteiger partial charge is 0.493 e. The lowest BCUT2D eigenvalue weighted by Crippen LogP contribution is -2.41. The van der Waals surface area contributed by atoms with E-state index in [-0.39, 0.29) is 17.5 Å². The number of nitrogens with one attached hydrogen (secondary N) is 1. The third kappa shape index (κ3) is 4.75.